The van der Waals surface area contributed by atoms with Gasteiger partial charge in [-0.3, -0.25) is 9.69 Å². The molecule has 2 aliphatic rings. The molecule has 0 saturated heterocycles. The fraction of sp³-hybridized carbons (Fsp3) is 0.265. The van der Waals surface area contributed by atoms with Gasteiger partial charge in [0.15, 0.2) is 0 Å². The second kappa shape index (κ2) is 11.0. The zero-order chi connectivity index (χ0) is 26.9. The number of hydrogen-bond donors (Lipinski definition) is 0. The van der Waals surface area contributed by atoms with E-state index in [4.69, 9.17) is 11.6 Å². The fourth-order valence-corrected chi connectivity index (χ4v) is 6.68. The number of halogens is 2. The molecule has 0 aromatic heterocycles. The summed E-state index contributed by atoms with van der Waals surface area (Å²) in [4.78, 5) is 18.8. The molecule has 0 saturated carbocycles. The van der Waals surface area contributed by atoms with E-state index in [-0.39, 0.29) is 30.4 Å². The minimum atomic E-state index is -0.431. The van der Waals surface area contributed by atoms with Gasteiger partial charge >= 0.3 is 0 Å². The zero-order valence-electron chi connectivity index (χ0n) is 22.1. The Morgan fingerprint density at radius 3 is 2.23 bits per heavy atom. The van der Waals surface area contributed by atoms with Gasteiger partial charge in [0.2, 0.25) is 5.91 Å². The lowest BCUT2D eigenvalue weighted by molar-refractivity contribution is -0.140. The van der Waals surface area contributed by atoms with Gasteiger partial charge in [0.25, 0.3) is 0 Å². The molecule has 5 heteroatoms. The Morgan fingerprint density at radius 1 is 0.872 bits per heavy atom. The number of carbonyl (C=O) groups excluding carboxylic acids is 1. The number of benzene rings is 4. The van der Waals surface area contributed by atoms with E-state index in [1.165, 1.54) is 28.3 Å². The molecule has 0 bridgehead atoms. The number of carbonyl (C=O) groups is 1. The standard InChI is InChI=1S/C34H32ClFN2O/c1-23(37-21-20-25-11-3-6-14-28(25)33(37)29-15-7-8-16-30(29)35)34(39)38(22-26-12-4-9-17-31(26)36)32-19-18-24-10-2-5-13-27(24)32/h2-17,23,32-33H,18-22H2,1H3/t23-,32?,33+/m0/s1. The normalized spacial score (nSPS) is 19.3. The molecule has 0 N–H and O–H groups in total. The van der Waals surface area contributed by atoms with Gasteiger partial charge in [-0.15, -0.1) is 0 Å². The molecule has 0 radical (unpaired) electrons. The summed E-state index contributed by atoms with van der Waals surface area (Å²) < 4.78 is 14.9. The quantitative estimate of drug-likeness (QED) is 0.253. The van der Waals surface area contributed by atoms with Crippen molar-refractivity contribution in [2.45, 2.75) is 50.9 Å². The van der Waals surface area contributed by atoms with Crippen molar-refractivity contribution in [2.75, 3.05) is 6.54 Å². The minimum Gasteiger partial charge on any atom is -0.330 e. The van der Waals surface area contributed by atoms with E-state index in [1.54, 1.807) is 12.1 Å². The molecular weight excluding hydrogens is 507 g/mol. The van der Waals surface area contributed by atoms with Gasteiger partial charge < -0.3 is 4.90 Å². The Bertz CT molecular complexity index is 1500. The van der Waals surface area contributed by atoms with Gasteiger partial charge in [0.05, 0.1) is 18.1 Å². The highest BCUT2D eigenvalue weighted by Crippen LogP contribution is 2.41. The van der Waals surface area contributed by atoms with Gasteiger partial charge in [0, 0.05) is 23.7 Å². The summed E-state index contributed by atoms with van der Waals surface area (Å²) in [6.07, 6.45) is 2.60. The van der Waals surface area contributed by atoms with Crippen LogP contribution >= 0.6 is 11.6 Å². The summed E-state index contributed by atoms with van der Waals surface area (Å²) in [6, 6.07) is 30.8. The third-order valence-corrected chi connectivity index (χ3v) is 8.78. The van der Waals surface area contributed by atoms with Crippen LogP contribution < -0.4 is 0 Å². The van der Waals surface area contributed by atoms with E-state index >= 15 is 0 Å². The molecule has 3 nitrogen and oxygen atoms in total. The molecule has 4 aromatic rings. The topological polar surface area (TPSA) is 23.6 Å². The molecule has 1 unspecified atom stereocenters. The Hall–Kier alpha value is -3.47. The van der Waals surface area contributed by atoms with E-state index < -0.39 is 6.04 Å². The van der Waals surface area contributed by atoms with E-state index in [1.807, 2.05) is 48.2 Å². The molecule has 1 amide bonds. The molecule has 6 rings (SSSR count). The summed E-state index contributed by atoms with van der Waals surface area (Å²) in [5, 5.41) is 0.691. The summed E-state index contributed by atoms with van der Waals surface area (Å²) in [5.74, 6) is -0.272. The highest BCUT2D eigenvalue weighted by atomic mass is 35.5. The fourth-order valence-electron chi connectivity index (χ4n) is 6.44. The second-order valence-corrected chi connectivity index (χ2v) is 11.0. The van der Waals surface area contributed by atoms with Crippen LogP contribution in [0.4, 0.5) is 4.39 Å². The van der Waals surface area contributed by atoms with Crippen molar-refractivity contribution in [1.82, 2.24) is 9.80 Å². The van der Waals surface area contributed by atoms with Crippen molar-refractivity contribution in [3.05, 3.63) is 141 Å². The first-order chi connectivity index (χ1) is 19.0. The lowest BCUT2D eigenvalue weighted by atomic mass is 9.87. The third kappa shape index (κ3) is 4.88. The van der Waals surface area contributed by atoms with E-state index in [0.29, 0.717) is 10.6 Å². The van der Waals surface area contributed by atoms with Crippen LogP contribution in [0.5, 0.6) is 0 Å². The maximum absolute atomic E-state index is 14.9. The van der Waals surface area contributed by atoms with Crippen molar-refractivity contribution in [1.29, 1.82) is 0 Å². The average molecular weight is 539 g/mol. The van der Waals surface area contributed by atoms with Crippen molar-refractivity contribution in [3.63, 3.8) is 0 Å². The highest BCUT2D eigenvalue weighted by molar-refractivity contribution is 6.31. The van der Waals surface area contributed by atoms with Crippen LogP contribution in [0.3, 0.4) is 0 Å². The molecule has 1 aliphatic carbocycles. The van der Waals surface area contributed by atoms with Gasteiger partial charge in [-0.05, 0) is 66.1 Å². The summed E-state index contributed by atoms with van der Waals surface area (Å²) in [5.41, 5.74) is 6.44. The summed E-state index contributed by atoms with van der Waals surface area (Å²) in [7, 11) is 0. The number of rotatable bonds is 6. The van der Waals surface area contributed by atoms with Gasteiger partial charge in [-0.1, -0.05) is 96.5 Å². The predicted octanol–water partition coefficient (Wildman–Crippen LogP) is 7.53. The number of nitrogens with zero attached hydrogens (tertiary/aromatic N) is 2. The maximum Gasteiger partial charge on any atom is 0.240 e. The molecule has 1 heterocycles. The van der Waals surface area contributed by atoms with Crippen LogP contribution in [-0.2, 0) is 24.2 Å². The molecule has 39 heavy (non-hydrogen) atoms. The van der Waals surface area contributed by atoms with Gasteiger partial charge in [-0.2, -0.15) is 0 Å². The number of hydrogen-bond acceptors (Lipinski definition) is 2. The molecule has 4 aromatic carbocycles. The third-order valence-electron chi connectivity index (χ3n) is 8.43. The first kappa shape index (κ1) is 25.8. The van der Waals surface area contributed by atoms with E-state index in [0.717, 1.165) is 31.4 Å². The molecule has 0 spiro atoms. The van der Waals surface area contributed by atoms with Crippen molar-refractivity contribution < 1.29 is 9.18 Å². The van der Waals surface area contributed by atoms with Crippen molar-refractivity contribution >= 4 is 17.5 Å². The number of amides is 1. The first-order valence-electron chi connectivity index (χ1n) is 13.7. The van der Waals surface area contributed by atoms with Crippen molar-refractivity contribution in [2.24, 2.45) is 0 Å². The number of aryl methyl sites for hydroxylation is 1. The Balaban J connectivity index is 1.39. The number of fused-ring (bicyclic) bond motifs is 2. The van der Waals surface area contributed by atoms with Crippen LogP contribution in [0.25, 0.3) is 0 Å². The van der Waals surface area contributed by atoms with E-state index in [9.17, 15) is 9.18 Å². The first-order valence-corrected chi connectivity index (χ1v) is 14.1. The SMILES string of the molecule is C[C@@H](C(=O)N(Cc1ccccc1F)C1CCc2ccccc21)N1CCc2ccccc2[C@@H]1c1ccccc1Cl. The zero-order valence-corrected chi connectivity index (χ0v) is 22.8. The van der Waals surface area contributed by atoms with E-state index in [2.05, 4.69) is 47.4 Å². The van der Waals surface area contributed by atoms with Crippen LogP contribution in [-0.4, -0.2) is 28.3 Å². The van der Waals surface area contributed by atoms with Gasteiger partial charge in [-0.25, -0.2) is 4.39 Å². The molecule has 198 valence electrons. The van der Waals surface area contributed by atoms with Crippen LogP contribution in [0, 0.1) is 5.82 Å². The Labute approximate surface area is 234 Å². The molecule has 3 atom stereocenters. The Morgan fingerprint density at radius 2 is 1.49 bits per heavy atom. The largest absolute Gasteiger partial charge is 0.330 e. The van der Waals surface area contributed by atoms with Crippen LogP contribution in [0.15, 0.2) is 97.1 Å². The maximum atomic E-state index is 14.9. The summed E-state index contributed by atoms with van der Waals surface area (Å²) in [6.45, 7) is 2.96. The molecule has 0 fully saturated rings. The van der Waals surface area contributed by atoms with Crippen LogP contribution in [0.2, 0.25) is 5.02 Å². The lowest BCUT2D eigenvalue weighted by Crippen LogP contribution is -2.51. The average Bonchev–Trinajstić information content (AvgIpc) is 3.40. The highest BCUT2D eigenvalue weighted by Gasteiger charge is 2.39. The molecular formula is C34H32ClFN2O. The predicted molar refractivity (Wildman–Crippen MR) is 154 cm³/mol. The summed E-state index contributed by atoms with van der Waals surface area (Å²) >= 11 is 6.76. The monoisotopic (exact) mass is 538 g/mol. The lowest BCUT2D eigenvalue weighted by Gasteiger charge is -2.43. The minimum absolute atomic E-state index is 0.0105. The second-order valence-electron chi connectivity index (χ2n) is 10.6. The molecule has 1 aliphatic heterocycles. The van der Waals surface area contributed by atoms with Crippen molar-refractivity contribution in [3.8, 4) is 0 Å². The Kier molecular flexibility index (Phi) is 7.24. The van der Waals surface area contributed by atoms with Crippen LogP contribution in [0.1, 0.15) is 58.8 Å². The van der Waals surface area contributed by atoms with Gasteiger partial charge in [0.1, 0.15) is 5.82 Å². The smallest absolute Gasteiger partial charge is 0.240 e.